The second kappa shape index (κ2) is 10.6. The van der Waals surface area contributed by atoms with E-state index in [9.17, 15) is 14.0 Å². The molecule has 1 saturated heterocycles. The Labute approximate surface area is 192 Å². The topological polar surface area (TPSA) is 73.5 Å². The van der Waals surface area contributed by atoms with Gasteiger partial charge in [-0.1, -0.05) is 42.5 Å². The van der Waals surface area contributed by atoms with Gasteiger partial charge in [0.15, 0.2) is 0 Å². The monoisotopic (exact) mass is 446 g/mol. The Bertz CT molecular complexity index is 1100. The van der Waals surface area contributed by atoms with Crippen molar-refractivity contribution in [2.24, 2.45) is 0 Å². The first-order chi connectivity index (χ1) is 16.1. The molecular formula is C26H27FN4O2. The second-order valence-corrected chi connectivity index (χ2v) is 8.06. The van der Waals surface area contributed by atoms with Gasteiger partial charge in [-0.3, -0.25) is 4.79 Å². The molecule has 0 aromatic heterocycles. The van der Waals surface area contributed by atoms with E-state index in [0.29, 0.717) is 11.1 Å². The molecule has 3 N–H and O–H groups in total. The van der Waals surface area contributed by atoms with Gasteiger partial charge in [0.1, 0.15) is 5.82 Å². The van der Waals surface area contributed by atoms with Crippen LogP contribution in [0.15, 0.2) is 78.9 Å². The second-order valence-electron chi connectivity index (χ2n) is 8.06. The van der Waals surface area contributed by atoms with E-state index in [1.54, 1.807) is 18.2 Å². The van der Waals surface area contributed by atoms with Gasteiger partial charge in [-0.25, -0.2) is 9.18 Å². The largest absolute Gasteiger partial charge is 0.371 e. The van der Waals surface area contributed by atoms with Gasteiger partial charge >= 0.3 is 6.03 Å². The number of anilines is 2. The summed E-state index contributed by atoms with van der Waals surface area (Å²) in [5, 5.41) is 8.76. The highest BCUT2D eigenvalue weighted by molar-refractivity contribution is 5.99. The Kier molecular flexibility index (Phi) is 7.19. The van der Waals surface area contributed by atoms with Gasteiger partial charge in [-0.15, -0.1) is 0 Å². The summed E-state index contributed by atoms with van der Waals surface area (Å²) in [6.07, 6.45) is 1.56. The summed E-state index contributed by atoms with van der Waals surface area (Å²) in [6, 6.07) is 22.9. The zero-order chi connectivity index (χ0) is 23.0. The molecule has 0 atom stereocenters. The van der Waals surface area contributed by atoms with Crippen LogP contribution < -0.4 is 20.9 Å². The molecular weight excluding hydrogens is 419 g/mol. The van der Waals surface area contributed by atoms with Gasteiger partial charge in [0, 0.05) is 37.1 Å². The van der Waals surface area contributed by atoms with Crippen molar-refractivity contribution in [1.29, 1.82) is 0 Å². The molecule has 3 aromatic carbocycles. The lowest BCUT2D eigenvalue weighted by atomic mass is 10.0. The highest BCUT2D eigenvalue weighted by Crippen LogP contribution is 2.24. The highest BCUT2D eigenvalue weighted by Gasteiger charge is 2.23. The zero-order valence-corrected chi connectivity index (χ0v) is 18.3. The average molecular weight is 447 g/mol. The third-order valence-electron chi connectivity index (χ3n) is 5.69. The van der Waals surface area contributed by atoms with Crippen LogP contribution >= 0.6 is 0 Å². The predicted molar refractivity (Wildman–Crippen MR) is 128 cm³/mol. The Morgan fingerprint density at radius 1 is 0.909 bits per heavy atom. The molecule has 7 heteroatoms. The lowest BCUT2D eigenvalue weighted by molar-refractivity contribution is 0.0951. The van der Waals surface area contributed by atoms with Gasteiger partial charge in [-0.2, -0.15) is 0 Å². The summed E-state index contributed by atoms with van der Waals surface area (Å²) in [4.78, 5) is 27.3. The lowest BCUT2D eigenvalue weighted by Crippen LogP contribution is -2.46. The molecule has 3 amide bonds. The molecule has 3 aromatic rings. The fraction of sp³-hybridized carbons (Fsp3) is 0.231. The molecule has 0 aliphatic carbocycles. The molecule has 1 aliphatic heterocycles. The zero-order valence-electron chi connectivity index (χ0n) is 18.3. The van der Waals surface area contributed by atoms with Gasteiger partial charge in [0.05, 0.1) is 5.56 Å². The molecule has 0 radical (unpaired) electrons. The molecule has 0 spiro atoms. The van der Waals surface area contributed by atoms with Crippen molar-refractivity contribution >= 4 is 23.3 Å². The number of urea groups is 1. The Morgan fingerprint density at radius 3 is 2.39 bits per heavy atom. The van der Waals surface area contributed by atoms with Crippen LogP contribution in [0.2, 0.25) is 0 Å². The van der Waals surface area contributed by atoms with Crippen molar-refractivity contribution in [3.8, 4) is 0 Å². The normalized spacial score (nSPS) is 13.9. The third-order valence-corrected chi connectivity index (χ3v) is 5.69. The van der Waals surface area contributed by atoms with Crippen molar-refractivity contribution in [3.63, 3.8) is 0 Å². The molecule has 1 heterocycles. The summed E-state index contributed by atoms with van der Waals surface area (Å²) in [7, 11) is 0. The van der Waals surface area contributed by atoms with Gasteiger partial charge < -0.3 is 20.9 Å². The third kappa shape index (κ3) is 6.10. The molecule has 1 fully saturated rings. The summed E-state index contributed by atoms with van der Waals surface area (Å²) >= 11 is 0. The molecule has 1 aliphatic rings. The van der Waals surface area contributed by atoms with Crippen LogP contribution in [0.4, 0.5) is 20.6 Å². The van der Waals surface area contributed by atoms with Gasteiger partial charge in [0.25, 0.3) is 5.91 Å². The summed E-state index contributed by atoms with van der Waals surface area (Å²) < 4.78 is 13.4. The number of halogens is 1. The van der Waals surface area contributed by atoms with Crippen molar-refractivity contribution in [3.05, 3.63) is 95.8 Å². The number of nitrogens with zero attached hydrogens (tertiary/aromatic N) is 1. The quantitative estimate of drug-likeness (QED) is 0.520. The van der Waals surface area contributed by atoms with Gasteiger partial charge in [0.2, 0.25) is 0 Å². The standard InChI is InChI=1S/C26H27FN4O2/c27-20-8-6-7-19(17-20)18-28-25(32)23-11-4-5-12-24(23)31-15-13-22(14-16-31)30-26(33)29-21-9-2-1-3-10-21/h1-12,17,22H,13-16,18H2,(H,28,32)(H2,29,30,33). The van der Waals surface area contributed by atoms with Crippen LogP contribution in [0.1, 0.15) is 28.8 Å². The SMILES string of the molecule is O=C(Nc1ccccc1)NC1CCN(c2ccccc2C(=O)NCc2cccc(F)c2)CC1. The van der Waals surface area contributed by atoms with Crippen LogP contribution in [-0.4, -0.2) is 31.1 Å². The Balaban J connectivity index is 1.32. The smallest absolute Gasteiger partial charge is 0.319 e. The lowest BCUT2D eigenvalue weighted by Gasteiger charge is -2.34. The number of piperidine rings is 1. The number of carbonyl (C=O) groups excluding carboxylic acids is 2. The fourth-order valence-corrected chi connectivity index (χ4v) is 4.00. The molecule has 33 heavy (non-hydrogen) atoms. The van der Waals surface area contributed by atoms with E-state index in [4.69, 9.17) is 0 Å². The van der Waals surface area contributed by atoms with E-state index in [-0.39, 0.29) is 30.3 Å². The summed E-state index contributed by atoms with van der Waals surface area (Å²) in [5.41, 5.74) is 2.91. The van der Waals surface area contributed by atoms with Gasteiger partial charge in [-0.05, 0) is 54.8 Å². The van der Waals surface area contributed by atoms with Crippen LogP contribution in [0.25, 0.3) is 0 Å². The van der Waals surface area contributed by atoms with E-state index in [0.717, 1.165) is 37.3 Å². The average Bonchev–Trinajstić information content (AvgIpc) is 2.84. The van der Waals surface area contributed by atoms with E-state index >= 15 is 0 Å². The van der Waals surface area contributed by atoms with Crippen molar-refractivity contribution in [1.82, 2.24) is 10.6 Å². The summed E-state index contributed by atoms with van der Waals surface area (Å²) in [6.45, 7) is 1.71. The van der Waals surface area contributed by atoms with Crippen LogP contribution in [0, 0.1) is 5.82 Å². The minimum Gasteiger partial charge on any atom is -0.371 e. The number of amides is 3. The number of benzene rings is 3. The first kappa shape index (κ1) is 22.3. The van der Waals surface area contributed by atoms with Crippen molar-refractivity contribution in [2.45, 2.75) is 25.4 Å². The molecule has 170 valence electrons. The maximum atomic E-state index is 13.4. The van der Waals surface area contributed by atoms with Crippen LogP contribution in [0.3, 0.4) is 0 Å². The molecule has 6 nitrogen and oxygen atoms in total. The number of carbonyl (C=O) groups is 2. The summed E-state index contributed by atoms with van der Waals surface area (Å²) in [5.74, 6) is -0.520. The van der Waals surface area contributed by atoms with E-state index in [1.807, 2.05) is 48.5 Å². The Morgan fingerprint density at radius 2 is 1.64 bits per heavy atom. The van der Waals surface area contributed by atoms with E-state index in [1.165, 1.54) is 12.1 Å². The minimum absolute atomic E-state index is 0.0685. The van der Waals surface area contributed by atoms with Crippen molar-refractivity contribution in [2.75, 3.05) is 23.3 Å². The Hall–Kier alpha value is -3.87. The predicted octanol–water partition coefficient (Wildman–Crippen LogP) is 4.55. The fourth-order valence-electron chi connectivity index (χ4n) is 4.00. The number of hydrogen-bond acceptors (Lipinski definition) is 3. The van der Waals surface area contributed by atoms with Crippen LogP contribution in [0.5, 0.6) is 0 Å². The maximum Gasteiger partial charge on any atom is 0.319 e. The highest BCUT2D eigenvalue weighted by atomic mass is 19.1. The first-order valence-electron chi connectivity index (χ1n) is 11.1. The molecule has 0 saturated carbocycles. The first-order valence-corrected chi connectivity index (χ1v) is 11.1. The van der Waals surface area contributed by atoms with Crippen molar-refractivity contribution < 1.29 is 14.0 Å². The number of para-hydroxylation sites is 2. The maximum absolute atomic E-state index is 13.4. The number of nitrogens with one attached hydrogen (secondary N) is 3. The number of hydrogen-bond donors (Lipinski definition) is 3. The molecule has 4 rings (SSSR count). The number of rotatable bonds is 6. The van der Waals surface area contributed by atoms with E-state index < -0.39 is 0 Å². The molecule has 0 unspecified atom stereocenters. The minimum atomic E-state index is -0.323. The van der Waals surface area contributed by atoms with Crippen LogP contribution in [-0.2, 0) is 6.54 Å². The van der Waals surface area contributed by atoms with E-state index in [2.05, 4.69) is 20.9 Å². The molecule has 0 bridgehead atoms.